The molecule has 2 aromatic heterocycles. The number of rotatable bonds is 4. The summed E-state index contributed by atoms with van der Waals surface area (Å²) in [5.41, 5.74) is -2.07. The normalized spacial score (nSPS) is 11.5. The Labute approximate surface area is 153 Å². The van der Waals surface area contributed by atoms with Crippen molar-refractivity contribution in [2.45, 2.75) is 12.9 Å². The van der Waals surface area contributed by atoms with Gasteiger partial charge in [0.25, 0.3) is 18.8 Å². The van der Waals surface area contributed by atoms with Crippen molar-refractivity contribution >= 4 is 40.4 Å². The topological polar surface area (TPSA) is 59.3 Å². The first kappa shape index (κ1) is 18.4. The molecular weight excluding hydrogens is 399 g/mol. The lowest BCUT2D eigenvalue weighted by molar-refractivity contribution is 0.102. The number of alkyl halides is 4. The number of hydrogen-bond acceptors (Lipinski definition) is 3. The highest BCUT2D eigenvalue weighted by Crippen LogP contribution is 2.27. The van der Waals surface area contributed by atoms with Crippen molar-refractivity contribution in [2.75, 3.05) is 5.32 Å². The first-order chi connectivity index (χ1) is 12.3. The Balaban J connectivity index is 2.01. The maximum absolute atomic E-state index is 13.1. The third kappa shape index (κ3) is 3.58. The van der Waals surface area contributed by atoms with E-state index in [0.29, 0.717) is 15.6 Å². The van der Waals surface area contributed by atoms with Gasteiger partial charge in [-0.05, 0) is 24.3 Å². The van der Waals surface area contributed by atoms with E-state index in [0.717, 1.165) is 6.07 Å². The van der Waals surface area contributed by atoms with Crippen molar-refractivity contribution in [1.82, 2.24) is 14.6 Å². The van der Waals surface area contributed by atoms with Crippen molar-refractivity contribution < 1.29 is 22.4 Å². The van der Waals surface area contributed by atoms with Crippen molar-refractivity contribution in [3.05, 3.63) is 57.5 Å². The van der Waals surface area contributed by atoms with E-state index in [4.69, 9.17) is 23.2 Å². The van der Waals surface area contributed by atoms with Gasteiger partial charge in [-0.25, -0.2) is 27.1 Å². The van der Waals surface area contributed by atoms with Gasteiger partial charge in [-0.2, -0.15) is 5.10 Å². The number of halogens is 6. The van der Waals surface area contributed by atoms with Crippen LogP contribution in [0, 0.1) is 0 Å². The lowest BCUT2D eigenvalue weighted by Crippen LogP contribution is -2.13. The molecule has 0 spiro atoms. The number of fused-ring (bicyclic) bond motifs is 1. The fraction of sp³-hybridized carbons (Fsp3) is 0.133. The molecule has 136 valence electrons. The summed E-state index contributed by atoms with van der Waals surface area (Å²) in [7, 11) is 0. The maximum atomic E-state index is 13.1. The molecule has 3 rings (SSSR count). The number of carbonyl (C=O) groups excluding carboxylic acids is 1. The average molecular weight is 407 g/mol. The quantitative estimate of drug-likeness (QED) is 0.608. The van der Waals surface area contributed by atoms with Gasteiger partial charge in [0.15, 0.2) is 11.3 Å². The zero-order chi connectivity index (χ0) is 19.0. The molecule has 26 heavy (non-hydrogen) atoms. The highest BCUT2D eigenvalue weighted by atomic mass is 35.5. The van der Waals surface area contributed by atoms with Crippen LogP contribution in [0.5, 0.6) is 0 Å². The van der Waals surface area contributed by atoms with Crippen molar-refractivity contribution in [3.8, 4) is 0 Å². The summed E-state index contributed by atoms with van der Waals surface area (Å²) >= 11 is 11.8. The van der Waals surface area contributed by atoms with Crippen LogP contribution in [-0.2, 0) is 0 Å². The van der Waals surface area contributed by atoms with Gasteiger partial charge in [-0.3, -0.25) is 4.79 Å². The van der Waals surface area contributed by atoms with E-state index < -0.39 is 30.1 Å². The predicted molar refractivity (Wildman–Crippen MR) is 87.3 cm³/mol. The van der Waals surface area contributed by atoms with Gasteiger partial charge in [0, 0.05) is 11.1 Å². The van der Waals surface area contributed by atoms with Crippen LogP contribution < -0.4 is 5.32 Å². The summed E-state index contributed by atoms with van der Waals surface area (Å²) < 4.78 is 52.6. The molecular formula is C15H8Cl2F4N4O. The van der Waals surface area contributed by atoms with E-state index >= 15 is 0 Å². The Bertz CT molecular complexity index is 993. The summed E-state index contributed by atoms with van der Waals surface area (Å²) in [4.78, 5) is 15.8. The second-order valence-corrected chi connectivity index (χ2v) is 5.93. The standard InChI is InChI=1S/C15H8Cl2F4N4O/c16-6-1-2-7(17)8(3-6)23-15(26)10-5-12-22-9(13(18)19)4-11(14(20)21)25(12)24-10/h1-5,13-14H,(H,23,26). The number of hydrogen-bond donors (Lipinski definition) is 1. The Hall–Kier alpha value is -2.39. The van der Waals surface area contributed by atoms with Gasteiger partial charge in [0.05, 0.1) is 10.7 Å². The first-order valence-electron chi connectivity index (χ1n) is 6.99. The van der Waals surface area contributed by atoms with Gasteiger partial charge < -0.3 is 5.32 Å². The van der Waals surface area contributed by atoms with Crippen molar-refractivity contribution in [2.24, 2.45) is 0 Å². The summed E-state index contributed by atoms with van der Waals surface area (Å²) in [6.45, 7) is 0. The second kappa shape index (κ2) is 7.08. The summed E-state index contributed by atoms with van der Waals surface area (Å²) in [6, 6.07) is 5.91. The van der Waals surface area contributed by atoms with Gasteiger partial charge in [-0.15, -0.1) is 0 Å². The molecule has 11 heteroatoms. The molecule has 0 bridgehead atoms. The van der Waals surface area contributed by atoms with Gasteiger partial charge >= 0.3 is 0 Å². The van der Waals surface area contributed by atoms with E-state index in [-0.39, 0.29) is 22.1 Å². The minimum atomic E-state index is -3.09. The van der Waals surface area contributed by atoms with Gasteiger partial charge in [0.2, 0.25) is 0 Å². The van der Waals surface area contributed by atoms with E-state index in [1.807, 2.05) is 0 Å². The Morgan fingerprint density at radius 2 is 1.81 bits per heavy atom. The smallest absolute Gasteiger partial charge is 0.280 e. The molecule has 1 aromatic carbocycles. The van der Waals surface area contributed by atoms with Crippen LogP contribution in [0.1, 0.15) is 34.7 Å². The third-order valence-electron chi connectivity index (χ3n) is 3.33. The SMILES string of the molecule is O=C(Nc1cc(Cl)ccc1Cl)c1cc2nc(C(F)F)cc(C(F)F)n2n1. The molecule has 1 amide bonds. The van der Waals surface area contributed by atoms with E-state index in [9.17, 15) is 22.4 Å². The fourth-order valence-corrected chi connectivity index (χ4v) is 2.51. The molecule has 2 heterocycles. The van der Waals surface area contributed by atoms with E-state index in [1.165, 1.54) is 18.2 Å². The minimum Gasteiger partial charge on any atom is -0.319 e. The molecule has 0 fully saturated rings. The summed E-state index contributed by atoms with van der Waals surface area (Å²) in [5.74, 6) is -0.793. The lowest BCUT2D eigenvalue weighted by Gasteiger charge is -2.06. The number of nitrogens with zero attached hydrogens (tertiary/aromatic N) is 3. The largest absolute Gasteiger partial charge is 0.319 e. The molecule has 0 atom stereocenters. The van der Waals surface area contributed by atoms with Gasteiger partial charge in [-0.1, -0.05) is 23.2 Å². The van der Waals surface area contributed by atoms with Crippen LogP contribution in [0.15, 0.2) is 30.3 Å². The average Bonchev–Trinajstić information content (AvgIpc) is 3.01. The summed E-state index contributed by atoms with van der Waals surface area (Å²) in [5, 5.41) is 6.64. The highest BCUT2D eigenvalue weighted by Gasteiger charge is 2.22. The molecule has 5 nitrogen and oxygen atoms in total. The molecule has 0 aliphatic rings. The van der Waals surface area contributed by atoms with Crippen LogP contribution >= 0.6 is 23.2 Å². The number of nitrogens with one attached hydrogen (secondary N) is 1. The zero-order valence-corrected chi connectivity index (χ0v) is 14.1. The predicted octanol–water partition coefficient (Wildman–Crippen LogP) is 5.16. The lowest BCUT2D eigenvalue weighted by atomic mass is 10.3. The van der Waals surface area contributed by atoms with Gasteiger partial charge in [0.1, 0.15) is 11.4 Å². The number of aromatic nitrogens is 3. The summed E-state index contributed by atoms with van der Waals surface area (Å²) in [6.07, 6.45) is -6.13. The molecule has 0 saturated carbocycles. The number of carbonyl (C=O) groups is 1. The van der Waals surface area contributed by atoms with E-state index in [1.54, 1.807) is 0 Å². The monoisotopic (exact) mass is 406 g/mol. The number of amides is 1. The number of anilines is 1. The molecule has 0 unspecified atom stereocenters. The molecule has 0 radical (unpaired) electrons. The van der Waals surface area contributed by atoms with E-state index in [2.05, 4.69) is 15.4 Å². The zero-order valence-electron chi connectivity index (χ0n) is 12.6. The maximum Gasteiger partial charge on any atom is 0.280 e. The van der Waals surface area contributed by atoms with Crippen LogP contribution in [0.25, 0.3) is 5.65 Å². The van der Waals surface area contributed by atoms with Crippen molar-refractivity contribution in [3.63, 3.8) is 0 Å². The minimum absolute atomic E-state index is 0.177. The molecule has 0 saturated heterocycles. The Morgan fingerprint density at radius 3 is 2.46 bits per heavy atom. The Kier molecular flexibility index (Phi) is 5.01. The Morgan fingerprint density at radius 1 is 1.08 bits per heavy atom. The molecule has 3 aromatic rings. The van der Waals surface area contributed by atoms with Crippen molar-refractivity contribution in [1.29, 1.82) is 0 Å². The highest BCUT2D eigenvalue weighted by molar-refractivity contribution is 6.35. The molecule has 0 aliphatic heterocycles. The fourth-order valence-electron chi connectivity index (χ4n) is 2.18. The number of benzene rings is 1. The molecule has 1 N–H and O–H groups in total. The molecule has 0 aliphatic carbocycles. The third-order valence-corrected chi connectivity index (χ3v) is 3.90. The van der Waals surface area contributed by atoms with Crippen LogP contribution in [0.2, 0.25) is 10.0 Å². The van der Waals surface area contributed by atoms with Crippen LogP contribution in [0.4, 0.5) is 23.2 Å². The first-order valence-corrected chi connectivity index (χ1v) is 7.75. The van der Waals surface area contributed by atoms with Crippen LogP contribution in [0.3, 0.4) is 0 Å². The van der Waals surface area contributed by atoms with Crippen LogP contribution in [-0.4, -0.2) is 20.5 Å². The second-order valence-electron chi connectivity index (χ2n) is 5.09.